The van der Waals surface area contributed by atoms with Gasteiger partial charge in [0.1, 0.15) is 0 Å². The van der Waals surface area contributed by atoms with E-state index in [9.17, 15) is 0 Å². The van der Waals surface area contributed by atoms with Crippen molar-refractivity contribution in [3.05, 3.63) is 34.9 Å². The Morgan fingerprint density at radius 3 is 2.71 bits per heavy atom. The second-order valence-corrected chi connectivity index (χ2v) is 7.55. The molecule has 1 fully saturated rings. The highest BCUT2D eigenvalue weighted by Gasteiger charge is 2.32. The Morgan fingerprint density at radius 1 is 1.38 bits per heavy atom. The number of piperidine rings is 1. The van der Waals surface area contributed by atoms with Crippen molar-refractivity contribution in [3.8, 4) is 0 Å². The number of halogens is 1. The van der Waals surface area contributed by atoms with E-state index >= 15 is 0 Å². The zero-order chi connectivity index (χ0) is 15.5. The summed E-state index contributed by atoms with van der Waals surface area (Å²) < 4.78 is 0. The predicted molar refractivity (Wildman–Crippen MR) is 91.9 cm³/mol. The molecule has 1 aromatic carbocycles. The fraction of sp³-hybridized carbons (Fsp3) is 0.667. The molecule has 0 bridgehead atoms. The van der Waals surface area contributed by atoms with E-state index in [-0.39, 0.29) is 0 Å². The summed E-state index contributed by atoms with van der Waals surface area (Å²) in [5.74, 6) is 0.757. The molecule has 0 aromatic heterocycles. The first-order chi connectivity index (χ1) is 9.92. The average molecular weight is 309 g/mol. The number of hydrogen-bond donors (Lipinski definition) is 1. The molecule has 0 aliphatic carbocycles. The van der Waals surface area contributed by atoms with Gasteiger partial charge in [-0.15, -0.1) is 0 Å². The summed E-state index contributed by atoms with van der Waals surface area (Å²) in [5, 5.41) is 4.41. The van der Waals surface area contributed by atoms with Crippen LogP contribution in [-0.2, 0) is 0 Å². The summed E-state index contributed by atoms with van der Waals surface area (Å²) in [7, 11) is 2.21. The summed E-state index contributed by atoms with van der Waals surface area (Å²) >= 11 is 6.35. The molecule has 0 radical (unpaired) electrons. The molecule has 0 spiro atoms. The van der Waals surface area contributed by atoms with Crippen molar-refractivity contribution in [1.29, 1.82) is 0 Å². The minimum Gasteiger partial charge on any atom is -0.316 e. The van der Waals surface area contributed by atoms with Crippen LogP contribution in [0.1, 0.15) is 45.2 Å². The van der Waals surface area contributed by atoms with E-state index in [1.807, 2.05) is 12.1 Å². The van der Waals surface area contributed by atoms with Crippen LogP contribution in [0.2, 0.25) is 5.02 Å². The molecule has 0 saturated carbocycles. The van der Waals surface area contributed by atoms with Gasteiger partial charge in [-0.2, -0.15) is 0 Å². The van der Waals surface area contributed by atoms with Gasteiger partial charge in [0.25, 0.3) is 0 Å². The van der Waals surface area contributed by atoms with Crippen molar-refractivity contribution < 1.29 is 0 Å². The minimum atomic E-state index is 0.317. The summed E-state index contributed by atoms with van der Waals surface area (Å²) in [4.78, 5) is 2.44. The van der Waals surface area contributed by atoms with Crippen LogP contribution in [0.4, 0.5) is 0 Å². The van der Waals surface area contributed by atoms with Crippen molar-refractivity contribution >= 4 is 11.6 Å². The van der Waals surface area contributed by atoms with Gasteiger partial charge < -0.3 is 5.32 Å². The van der Waals surface area contributed by atoms with Crippen LogP contribution in [0.25, 0.3) is 0 Å². The van der Waals surface area contributed by atoms with Crippen LogP contribution < -0.4 is 5.32 Å². The molecule has 3 heteroatoms. The number of benzene rings is 1. The first-order valence-corrected chi connectivity index (χ1v) is 8.45. The fourth-order valence-corrected chi connectivity index (χ4v) is 3.77. The summed E-state index contributed by atoms with van der Waals surface area (Å²) in [6, 6.07) is 8.53. The zero-order valence-corrected chi connectivity index (χ0v) is 14.6. The third-order valence-electron chi connectivity index (χ3n) is 5.08. The molecular formula is C18H29ClN2. The molecule has 1 saturated heterocycles. The van der Waals surface area contributed by atoms with E-state index < -0.39 is 0 Å². The molecule has 1 aliphatic heterocycles. The fourth-order valence-electron chi connectivity index (χ4n) is 3.48. The number of nitrogens with zero attached hydrogens (tertiary/aromatic N) is 1. The third kappa shape index (κ3) is 4.21. The Morgan fingerprint density at radius 2 is 2.10 bits per heavy atom. The molecule has 2 atom stereocenters. The normalized spacial score (nSPS) is 21.5. The molecule has 2 rings (SSSR count). The van der Waals surface area contributed by atoms with Gasteiger partial charge in [-0.1, -0.05) is 43.6 Å². The van der Waals surface area contributed by atoms with Crippen molar-refractivity contribution in [2.24, 2.45) is 11.3 Å². The quantitative estimate of drug-likeness (QED) is 0.869. The first-order valence-electron chi connectivity index (χ1n) is 8.07. The average Bonchev–Trinajstić information content (AvgIpc) is 2.47. The van der Waals surface area contributed by atoms with Gasteiger partial charge in [0.2, 0.25) is 0 Å². The maximum atomic E-state index is 6.35. The van der Waals surface area contributed by atoms with Crippen LogP contribution in [0.15, 0.2) is 24.3 Å². The zero-order valence-electron chi connectivity index (χ0n) is 13.8. The maximum Gasteiger partial charge on any atom is 0.0453 e. The molecule has 1 aromatic rings. The van der Waals surface area contributed by atoms with Crippen molar-refractivity contribution in [2.75, 3.05) is 26.7 Å². The predicted octanol–water partition coefficient (Wildman–Crippen LogP) is 4.36. The lowest BCUT2D eigenvalue weighted by Crippen LogP contribution is -2.44. The monoisotopic (exact) mass is 308 g/mol. The van der Waals surface area contributed by atoms with Crippen LogP contribution >= 0.6 is 11.6 Å². The largest absolute Gasteiger partial charge is 0.316 e. The van der Waals surface area contributed by atoms with Crippen LogP contribution in [0.3, 0.4) is 0 Å². The lowest BCUT2D eigenvalue weighted by Gasteiger charge is -2.41. The van der Waals surface area contributed by atoms with Crippen LogP contribution in [0, 0.1) is 11.3 Å². The molecule has 118 valence electrons. The summed E-state index contributed by atoms with van der Waals surface area (Å²) in [5.41, 5.74) is 1.54. The van der Waals surface area contributed by atoms with Gasteiger partial charge in [0.15, 0.2) is 0 Å². The number of nitrogens with one attached hydrogen (secondary N) is 1. The number of hydrogen-bond acceptors (Lipinski definition) is 2. The standard InChI is InChI=1S/C18H29ClN2/c1-14(16-9-5-6-10-17(16)19)21(4)13-18(2,3)15-8-7-11-20-12-15/h5-6,9-10,14-15,20H,7-8,11-13H2,1-4H3. The molecule has 1 heterocycles. The van der Waals surface area contributed by atoms with E-state index in [1.165, 1.54) is 24.9 Å². The Kier molecular flexibility index (Phi) is 5.70. The summed E-state index contributed by atoms with van der Waals surface area (Å²) in [6.45, 7) is 10.5. The van der Waals surface area contributed by atoms with E-state index in [2.05, 4.69) is 50.2 Å². The molecule has 2 unspecified atom stereocenters. The van der Waals surface area contributed by atoms with Crippen LogP contribution in [-0.4, -0.2) is 31.6 Å². The van der Waals surface area contributed by atoms with Gasteiger partial charge >= 0.3 is 0 Å². The van der Waals surface area contributed by atoms with Gasteiger partial charge in [0.05, 0.1) is 0 Å². The minimum absolute atomic E-state index is 0.317. The first kappa shape index (κ1) is 16.8. The van der Waals surface area contributed by atoms with Gasteiger partial charge in [-0.3, -0.25) is 4.90 Å². The highest BCUT2D eigenvalue weighted by molar-refractivity contribution is 6.31. The SMILES string of the molecule is CC(c1ccccc1Cl)N(C)CC(C)(C)C1CCCNC1. The van der Waals surface area contributed by atoms with E-state index in [1.54, 1.807) is 0 Å². The van der Waals surface area contributed by atoms with Gasteiger partial charge in [-0.05, 0) is 62.9 Å². The Hall–Kier alpha value is -0.570. The Labute approximate surface area is 134 Å². The second-order valence-electron chi connectivity index (χ2n) is 7.14. The van der Waals surface area contributed by atoms with Gasteiger partial charge in [-0.25, -0.2) is 0 Å². The van der Waals surface area contributed by atoms with Crippen molar-refractivity contribution in [1.82, 2.24) is 10.2 Å². The third-order valence-corrected chi connectivity index (χ3v) is 5.42. The second kappa shape index (κ2) is 7.13. The van der Waals surface area contributed by atoms with E-state index in [4.69, 9.17) is 11.6 Å². The Balaban J connectivity index is 2.02. The smallest absolute Gasteiger partial charge is 0.0453 e. The molecule has 2 nitrogen and oxygen atoms in total. The Bertz CT molecular complexity index is 452. The lowest BCUT2D eigenvalue weighted by molar-refractivity contribution is 0.0955. The highest BCUT2D eigenvalue weighted by atomic mass is 35.5. The molecule has 1 aliphatic rings. The maximum absolute atomic E-state index is 6.35. The van der Waals surface area contributed by atoms with Crippen LogP contribution in [0.5, 0.6) is 0 Å². The van der Waals surface area contributed by atoms with Gasteiger partial charge in [0, 0.05) is 17.6 Å². The topological polar surface area (TPSA) is 15.3 Å². The molecular weight excluding hydrogens is 280 g/mol. The summed E-state index contributed by atoms with van der Waals surface area (Å²) in [6.07, 6.45) is 2.65. The van der Waals surface area contributed by atoms with E-state index in [0.717, 1.165) is 24.0 Å². The number of rotatable bonds is 5. The van der Waals surface area contributed by atoms with Crippen molar-refractivity contribution in [3.63, 3.8) is 0 Å². The van der Waals surface area contributed by atoms with Crippen molar-refractivity contribution in [2.45, 2.75) is 39.7 Å². The molecule has 0 amide bonds. The molecule has 1 N–H and O–H groups in total. The highest BCUT2D eigenvalue weighted by Crippen LogP contribution is 2.35. The lowest BCUT2D eigenvalue weighted by atomic mass is 9.74. The molecule has 21 heavy (non-hydrogen) atoms. The van der Waals surface area contributed by atoms with E-state index in [0.29, 0.717) is 11.5 Å².